The first-order valence-electron chi connectivity index (χ1n) is 5.49. The van der Waals surface area contributed by atoms with Crippen molar-refractivity contribution < 1.29 is 8.78 Å². The Bertz CT molecular complexity index is 367. The number of likely N-dealkylation sites (N-methyl/N-ethyl adjacent to an activating group) is 1. The predicted molar refractivity (Wildman–Crippen MR) is 67.5 cm³/mol. The van der Waals surface area contributed by atoms with Crippen LogP contribution < -0.4 is 11.1 Å². The van der Waals surface area contributed by atoms with Gasteiger partial charge < -0.3 is 16.0 Å². The molecule has 0 aromatic heterocycles. The smallest absolute Gasteiger partial charge is 0.263 e. The summed E-state index contributed by atoms with van der Waals surface area (Å²) < 4.78 is 24.9. The highest BCUT2D eigenvalue weighted by atomic mass is 19.3. The molecule has 1 unspecified atom stereocenters. The zero-order valence-corrected chi connectivity index (χ0v) is 10.4. The van der Waals surface area contributed by atoms with E-state index in [1.165, 1.54) is 12.1 Å². The van der Waals surface area contributed by atoms with Crippen molar-refractivity contribution in [1.82, 2.24) is 4.90 Å². The second kappa shape index (κ2) is 5.82. The maximum atomic E-state index is 12.4. The molecule has 5 heteroatoms. The Morgan fingerprint density at radius 2 is 2.00 bits per heavy atom. The van der Waals surface area contributed by atoms with Crippen molar-refractivity contribution in [2.75, 3.05) is 31.7 Å². The molecular formula is C12H19F2N3. The van der Waals surface area contributed by atoms with Gasteiger partial charge in [-0.2, -0.15) is 0 Å². The second-order valence-corrected chi connectivity index (χ2v) is 4.46. The Morgan fingerprint density at radius 3 is 2.47 bits per heavy atom. The minimum absolute atomic E-state index is 0.0479. The van der Waals surface area contributed by atoms with Crippen molar-refractivity contribution in [2.45, 2.75) is 19.4 Å². The number of halogens is 2. The second-order valence-electron chi connectivity index (χ2n) is 4.46. The molecule has 0 bridgehead atoms. The summed E-state index contributed by atoms with van der Waals surface area (Å²) in [5.41, 5.74) is 6.73. The first kappa shape index (κ1) is 13.7. The number of nitrogens with two attached hydrogens (primary N) is 1. The number of rotatable bonds is 5. The molecule has 0 radical (unpaired) electrons. The minimum Gasteiger partial charge on any atom is -0.397 e. The molecule has 1 aromatic carbocycles. The summed E-state index contributed by atoms with van der Waals surface area (Å²) in [6.07, 6.45) is -2.48. The summed E-state index contributed by atoms with van der Waals surface area (Å²) in [6, 6.07) is 4.51. The Kier molecular flexibility index (Phi) is 4.69. The van der Waals surface area contributed by atoms with Gasteiger partial charge in [0.1, 0.15) is 0 Å². The molecule has 0 spiro atoms. The molecule has 1 atom stereocenters. The van der Waals surface area contributed by atoms with Crippen LogP contribution in [0.5, 0.6) is 0 Å². The summed E-state index contributed by atoms with van der Waals surface area (Å²) >= 11 is 0. The van der Waals surface area contributed by atoms with Gasteiger partial charge in [-0.1, -0.05) is 6.07 Å². The molecule has 96 valence electrons. The molecule has 0 aliphatic rings. The highest BCUT2D eigenvalue weighted by molar-refractivity contribution is 5.67. The van der Waals surface area contributed by atoms with E-state index in [4.69, 9.17) is 5.73 Å². The van der Waals surface area contributed by atoms with Crippen LogP contribution in [-0.4, -0.2) is 31.6 Å². The normalized spacial score (nSPS) is 13.1. The average molecular weight is 243 g/mol. The molecule has 0 saturated heterocycles. The quantitative estimate of drug-likeness (QED) is 0.781. The highest BCUT2D eigenvalue weighted by Crippen LogP contribution is 2.26. The summed E-state index contributed by atoms with van der Waals surface area (Å²) in [5.74, 6) is 0. The van der Waals surface area contributed by atoms with Gasteiger partial charge in [0, 0.05) is 18.2 Å². The summed E-state index contributed by atoms with van der Waals surface area (Å²) in [5, 5.41) is 3.20. The van der Waals surface area contributed by atoms with Crippen LogP contribution in [0.25, 0.3) is 0 Å². The zero-order valence-electron chi connectivity index (χ0n) is 10.4. The van der Waals surface area contributed by atoms with E-state index >= 15 is 0 Å². The van der Waals surface area contributed by atoms with E-state index < -0.39 is 6.43 Å². The fourth-order valence-electron chi connectivity index (χ4n) is 1.71. The average Bonchev–Trinajstić information content (AvgIpc) is 2.19. The number of nitrogens with zero attached hydrogens (tertiary/aromatic N) is 1. The third-order valence-electron chi connectivity index (χ3n) is 2.37. The lowest BCUT2D eigenvalue weighted by Crippen LogP contribution is -2.29. The van der Waals surface area contributed by atoms with Gasteiger partial charge in [-0.3, -0.25) is 0 Å². The van der Waals surface area contributed by atoms with Crippen LogP contribution >= 0.6 is 0 Å². The van der Waals surface area contributed by atoms with Gasteiger partial charge in [0.2, 0.25) is 0 Å². The van der Waals surface area contributed by atoms with E-state index in [9.17, 15) is 8.78 Å². The Labute approximate surface area is 101 Å². The van der Waals surface area contributed by atoms with Crippen LogP contribution in [-0.2, 0) is 0 Å². The first-order valence-corrected chi connectivity index (χ1v) is 5.49. The summed E-state index contributed by atoms with van der Waals surface area (Å²) in [4.78, 5) is 2.04. The van der Waals surface area contributed by atoms with Gasteiger partial charge in [0.05, 0.1) is 11.4 Å². The lowest BCUT2D eigenvalue weighted by Gasteiger charge is -2.20. The maximum absolute atomic E-state index is 12.4. The molecule has 0 amide bonds. The molecule has 3 N–H and O–H groups in total. The van der Waals surface area contributed by atoms with Crippen LogP contribution in [0.3, 0.4) is 0 Å². The number of alkyl halides is 2. The number of anilines is 2. The third-order valence-corrected chi connectivity index (χ3v) is 2.37. The van der Waals surface area contributed by atoms with Crippen LogP contribution in [0.2, 0.25) is 0 Å². The van der Waals surface area contributed by atoms with E-state index in [2.05, 4.69) is 5.32 Å². The van der Waals surface area contributed by atoms with Gasteiger partial charge >= 0.3 is 0 Å². The van der Waals surface area contributed by atoms with Crippen molar-refractivity contribution in [2.24, 2.45) is 0 Å². The highest BCUT2D eigenvalue weighted by Gasteiger charge is 2.10. The minimum atomic E-state index is -2.48. The van der Waals surface area contributed by atoms with E-state index in [1.54, 1.807) is 6.07 Å². The summed E-state index contributed by atoms with van der Waals surface area (Å²) in [6.45, 7) is 2.86. The molecule has 0 aliphatic heterocycles. The maximum Gasteiger partial charge on any atom is 0.263 e. The van der Waals surface area contributed by atoms with Crippen molar-refractivity contribution in [3.05, 3.63) is 23.8 Å². The fraction of sp³-hybridized carbons (Fsp3) is 0.500. The number of nitrogens with one attached hydrogen (secondary N) is 1. The van der Waals surface area contributed by atoms with Crippen LogP contribution in [0, 0.1) is 0 Å². The molecular weight excluding hydrogens is 224 g/mol. The van der Waals surface area contributed by atoms with Gasteiger partial charge in [-0.25, -0.2) is 8.78 Å². The number of benzene rings is 1. The van der Waals surface area contributed by atoms with E-state index in [-0.39, 0.29) is 11.6 Å². The SMILES string of the molecule is CC(CN(C)C)Nc1ccc(C(F)F)cc1N. The molecule has 0 fully saturated rings. The molecule has 1 rings (SSSR count). The molecule has 17 heavy (non-hydrogen) atoms. The Morgan fingerprint density at radius 1 is 1.35 bits per heavy atom. The molecule has 3 nitrogen and oxygen atoms in total. The number of hydrogen-bond donors (Lipinski definition) is 2. The van der Waals surface area contributed by atoms with Crippen molar-refractivity contribution in [3.63, 3.8) is 0 Å². The Balaban J connectivity index is 2.72. The van der Waals surface area contributed by atoms with E-state index in [0.717, 1.165) is 6.54 Å². The molecule has 0 heterocycles. The van der Waals surface area contributed by atoms with Crippen molar-refractivity contribution >= 4 is 11.4 Å². The third kappa shape index (κ3) is 4.19. The van der Waals surface area contributed by atoms with Gasteiger partial charge in [-0.15, -0.1) is 0 Å². The lowest BCUT2D eigenvalue weighted by molar-refractivity contribution is 0.151. The number of hydrogen-bond acceptors (Lipinski definition) is 3. The first-order chi connectivity index (χ1) is 7.90. The van der Waals surface area contributed by atoms with Crippen molar-refractivity contribution in [1.29, 1.82) is 0 Å². The Hall–Kier alpha value is -1.36. The monoisotopic (exact) mass is 243 g/mol. The van der Waals surface area contributed by atoms with Crippen LogP contribution in [0.15, 0.2) is 18.2 Å². The topological polar surface area (TPSA) is 41.3 Å². The summed E-state index contributed by atoms with van der Waals surface area (Å²) in [7, 11) is 3.95. The van der Waals surface area contributed by atoms with Gasteiger partial charge in [0.25, 0.3) is 6.43 Å². The van der Waals surface area contributed by atoms with E-state index in [0.29, 0.717) is 11.4 Å². The van der Waals surface area contributed by atoms with Crippen molar-refractivity contribution in [3.8, 4) is 0 Å². The van der Waals surface area contributed by atoms with Crippen LogP contribution in [0.4, 0.5) is 20.2 Å². The molecule has 0 saturated carbocycles. The predicted octanol–water partition coefficient (Wildman–Crippen LogP) is 2.57. The molecule has 1 aromatic rings. The fourth-order valence-corrected chi connectivity index (χ4v) is 1.71. The standard InChI is InChI=1S/C12H19F2N3/c1-8(7-17(2)3)16-11-5-4-9(12(13)14)6-10(11)15/h4-6,8,12,16H,7,15H2,1-3H3. The lowest BCUT2D eigenvalue weighted by atomic mass is 10.1. The van der Waals surface area contributed by atoms with Gasteiger partial charge in [-0.05, 0) is 33.2 Å². The number of nitrogen functional groups attached to an aromatic ring is 1. The largest absolute Gasteiger partial charge is 0.397 e. The zero-order chi connectivity index (χ0) is 13.0. The molecule has 0 aliphatic carbocycles. The van der Waals surface area contributed by atoms with Gasteiger partial charge in [0.15, 0.2) is 0 Å². The van der Waals surface area contributed by atoms with E-state index in [1.807, 2.05) is 25.9 Å². The van der Waals surface area contributed by atoms with Crippen LogP contribution in [0.1, 0.15) is 18.9 Å².